The summed E-state index contributed by atoms with van der Waals surface area (Å²) in [6, 6.07) is 6.97. The van der Waals surface area contributed by atoms with Crippen molar-refractivity contribution >= 4 is 34.6 Å². The molecular formula is C15H17ClN4O. The summed E-state index contributed by atoms with van der Waals surface area (Å²) in [5.41, 5.74) is 8.70. The number of pyridine rings is 1. The molecule has 2 rings (SSSR count). The number of nitrogens with one attached hydrogen (secondary N) is 1. The Labute approximate surface area is 128 Å². The molecule has 0 fully saturated rings. The third-order valence-electron chi connectivity index (χ3n) is 3.04. The molecule has 1 heterocycles. The van der Waals surface area contributed by atoms with E-state index in [4.69, 9.17) is 17.3 Å². The quantitative estimate of drug-likeness (QED) is 0.914. The second-order valence-electron chi connectivity index (χ2n) is 4.92. The zero-order chi connectivity index (χ0) is 15.6. The first-order chi connectivity index (χ1) is 9.88. The lowest BCUT2D eigenvalue weighted by molar-refractivity contribution is 0.102. The fourth-order valence-corrected chi connectivity index (χ4v) is 2.27. The molecule has 1 aromatic carbocycles. The van der Waals surface area contributed by atoms with Gasteiger partial charge >= 0.3 is 0 Å². The van der Waals surface area contributed by atoms with Gasteiger partial charge in [0.05, 0.1) is 33.9 Å². The van der Waals surface area contributed by atoms with E-state index in [0.717, 1.165) is 5.69 Å². The molecule has 0 aliphatic carbocycles. The topological polar surface area (TPSA) is 71.2 Å². The highest BCUT2D eigenvalue weighted by atomic mass is 35.5. The first kappa shape index (κ1) is 15.1. The van der Waals surface area contributed by atoms with E-state index in [9.17, 15) is 4.79 Å². The van der Waals surface area contributed by atoms with Gasteiger partial charge in [-0.1, -0.05) is 11.6 Å². The number of aromatic nitrogens is 1. The van der Waals surface area contributed by atoms with E-state index < -0.39 is 0 Å². The van der Waals surface area contributed by atoms with Crippen molar-refractivity contribution in [3.8, 4) is 0 Å². The summed E-state index contributed by atoms with van der Waals surface area (Å²) in [6.07, 6.45) is 1.52. The van der Waals surface area contributed by atoms with E-state index in [1.807, 2.05) is 25.1 Å². The first-order valence-electron chi connectivity index (χ1n) is 6.39. The molecule has 3 N–H and O–H groups in total. The minimum absolute atomic E-state index is 0.263. The Morgan fingerprint density at radius 2 is 2.05 bits per heavy atom. The first-order valence-corrected chi connectivity index (χ1v) is 6.76. The number of hydrogen-bond donors (Lipinski definition) is 2. The number of nitrogens with zero attached hydrogens (tertiary/aromatic N) is 2. The van der Waals surface area contributed by atoms with Crippen molar-refractivity contribution in [1.82, 2.24) is 4.98 Å². The van der Waals surface area contributed by atoms with Crippen LogP contribution in [0.1, 0.15) is 16.1 Å². The summed E-state index contributed by atoms with van der Waals surface area (Å²) < 4.78 is 0. The van der Waals surface area contributed by atoms with Crippen molar-refractivity contribution in [2.75, 3.05) is 30.0 Å². The predicted molar refractivity (Wildman–Crippen MR) is 87.1 cm³/mol. The Morgan fingerprint density at radius 1 is 1.33 bits per heavy atom. The number of hydrogen-bond acceptors (Lipinski definition) is 4. The Bertz CT molecular complexity index is 685. The van der Waals surface area contributed by atoms with Crippen LogP contribution in [0.15, 0.2) is 30.5 Å². The molecule has 0 spiro atoms. The molecule has 1 amide bonds. The second kappa shape index (κ2) is 6.01. The predicted octanol–water partition coefficient (Wildman–Crippen LogP) is 2.94. The van der Waals surface area contributed by atoms with Crippen molar-refractivity contribution in [3.63, 3.8) is 0 Å². The van der Waals surface area contributed by atoms with Crippen LogP contribution in [0.5, 0.6) is 0 Å². The van der Waals surface area contributed by atoms with E-state index in [-0.39, 0.29) is 5.91 Å². The number of rotatable bonds is 3. The van der Waals surface area contributed by atoms with E-state index in [2.05, 4.69) is 10.3 Å². The third kappa shape index (κ3) is 3.44. The van der Waals surface area contributed by atoms with Gasteiger partial charge in [-0.25, -0.2) is 0 Å². The lowest BCUT2D eigenvalue weighted by Crippen LogP contribution is -2.15. The average molecular weight is 305 g/mol. The number of amides is 1. The van der Waals surface area contributed by atoms with Gasteiger partial charge in [-0.2, -0.15) is 0 Å². The summed E-state index contributed by atoms with van der Waals surface area (Å²) >= 11 is 6.19. The molecule has 0 radical (unpaired) electrons. The van der Waals surface area contributed by atoms with Crippen molar-refractivity contribution in [2.45, 2.75) is 6.92 Å². The molecule has 0 atom stereocenters. The maximum Gasteiger partial charge on any atom is 0.257 e. The van der Waals surface area contributed by atoms with Crippen LogP contribution in [-0.2, 0) is 0 Å². The minimum Gasteiger partial charge on any atom is -0.397 e. The molecule has 1 aromatic heterocycles. The minimum atomic E-state index is -0.263. The van der Waals surface area contributed by atoms with Gasteiger partial charge in [-0.3, -0.25) is 9.78 Å². The molecule has 5 nitrogen and oxygen atoms in total. The van der Waals surface area contributed by atoms with E-state index in [1.165, 1.54) is 6.20 Å². The Hall–Kier alpha value is -2.27. The van der Waals surface area contributed by atoms with Gasteiger partial charge in [0.1, 0.15) is 0 Å². The molecule has 21 heavy (non-hydrogen) atoms. The molecule has 110 valence electrons. The summed E-state index contributed by atoms with van der Waals surface area (Å²) in [4.78, 5) is 18.2. The number of aryl methyl sites for hydroxylation is 1. The smallest absolute Gasteiger partial charge is 0.257 e. The normalized spacial score (nSPS) is 10.3. The van der Waals surface area contributed by atoms with E-state index >= 15 is 0 Å². The number of carbonyl (C=O) groups excluding carboxylic acids is 1. The second-order valence-corrected chi connectivity index (χ2v) is 5.32. The SMILES string of the molecule is Cc1ncc(N)cc1C(=O)Nc1ccc(N(C)C)c(Cl)c1. The zero-order valence-electron chi connectivity index (χ0n) is 12.1. The van der Waals surface area contributed by atoms with Gasteiger partial charge in [-0.05, 0) is 31.2 Å². The van der Waals surface area contributed by atoms with Crippen LogP contribution in [0.2, 0.25) is 5.02 Å². The lowest BCUT2D eigenvalue weighted by Gasteiger charge is -2.15. The number of nitrogen functional groups attached to an aromatic ring is 1. The Morgan fingerprint density at radius 3 is 2.67 bits per heavy atom. The molecule has 0 saturated carbocycles. The molecule has 2 aromatic rings. The number of benzene rings is 1. The van der Waals surface area contributed by atoms with Crippen LogP contribution in [0, 0.1) is 6.92 Å². The molecule has 0 saturated heterocycles. The van der Waals surface area contributed by atoms with Crippen LogP contribution in [0.4, 0.5) is 17.1 Å². The Balaban J connectivity index is 2.24. The summed E-state index contributed by atoms with van der Waals surface area (Å²) in [5, 5.41) is 3.37. The number of carbonyl (C=O) groups is 1. The fraction of sp³-hybridized carbons (Fsp3) is 0.200. The molecule has 0 aliphatic rings. The van der Waals surface area contributed by atoms with Gasteiger partial charge in [0, 0.05) is 19.8 Å². The highest BCUT2D eigenvalue weighted by molar-refractivity contribution is 6.33. The maximum absolute atomic E-state index is 12.3. The highest BCUT2D eigenvalue weighted by Gasteiger charge is 2.12. The molecule has 0 aliphatic heterocycles. The van der Waals surface area contributed by atoms with Gasteiger partial charge in [0.15, 0.2) is 0 Å². The summed E-state index contributed by atoms with van der Waals surface area (Å²) in [5.74, 6) is -0.263. The third-order valence-corrected chi connectivity index (χ3v) is 3.34. The zero-order valence-corrected chi connectivity index (χ0v) is 12.9. The number of anilines is 3. The molecule has 0 bridgehead atoms. The largest absolute Gasteiger partial charge is 0.397 e. The van der Waals surface area contributed by atoms with Gasteiger partial charge in [0.2, 0.25) is 0 Å². The van der Waals surface area contributed by atoms with Crippen molar-refractivity contribution in [2.24, 2.45) is 0 Å². The van der Waals surface area contributed by atoms with Crippen LogP contribution in [0.3, 0.4) is 0 Å². The lowest BCUT2D eigenvalue weighted by atomic mass is 10.1. The number of halogens is 1. The van der Waals surface area contributed by atoms with Crippen LogP contribution in [0.25, 0.3) is 0 Å². The molecule has 6 heteroatoms. The van der Waals surface area contributed by atoms with Gasteiger partial charge in [0.25, 0.3) is 5.91 Å². The highest BCUT2D eigenvalue weighted by Crippen LogP contribution is 2.27. The van der Waals surface area contributed by atoms with Crippen molar-refractivity contribution in [3.05, 3.63) is 46.7 Å². The summed E-state index contributed by atoms with van der Waals surface area (Å²) in [7, 11) is 3.81. The average Bonchev–Trinajstić information content (AvgIpc) is 2.41. The van der Waals surface area contributed by atoms with Crippen molar-refractivity contribution in [1.29, 1.82) is 0 Å². The monoisotopic (exact) mass is 304 g/mol. The van der Waals surface area contributed by atoms with E-state index in [1.54, 1.807) is 25.1 Å². The van der Waals surface area contributed by atoms with Crippen LogP contribution in [-0.4, -0.2) is 25.0 Å². The molecule has 0 unspecified atom stereocenters. The molecular weight excluding hydrogens is 288 g/mol. The van der Waals surface area contributed by atoms with E-state index in [0.29, 0.717) is 27.7 Å². The summed E-state index contributed by atoms with van der Waals surface area (Å²) in [6.45, 7) is 1.76. The van der Waals surface area contributed by atoms with Gasteiger partial charge in [-0.15, -0.1) is 0 Å². The fourth-order valence-electron chi connectivity index (χ4n) is 1.92. The van der Waals surface area contributed by atoms with Crippen LogP contribution >= 0.6 is 11.6 Å². The standard InChI is InChI=1S/C15H17ClN4O/c1-9-12(6-10(17)8-18-9)15(21)19-11-4-5-14(20(2)3)13(16)7-11/h4-8H,17H2,1-3H3,(H,19,21). The van der Waals surface area contributed by atoms with Crippen molar-refractivity contribution < 1.29 is 4.79 Å². The maximum atomic E-state index is 12.3. The Kier molecular flexibility index (Phi) is 4.33. The van der Waals surface area contributed by atoms with Gasteiger partial charge < -0.3 is 16.0 Å². The van der Waals surface area contributed by atoms with Crippen LogP contribution < -0.4 is 16.0 Å². The number of nitrogens with two attached hydrogens (primary N) is 1.